The van der Waals surface area contributed by atoms with E-state index < -0.39 is 5.60 Å². The largest absolute Gasteiger partial charge is 0.388 e. The van der Waals surface area contributed by atoms with Gasteiger partial charge in [0.1, 0.15) is 0 Å². The minimum Gasteiger partial charge on any atom is -0.388 e. The summed E-state index contributed by atoms with van der Waals surface area (Å²) in [6.45, 7) is 8.29. The lowest BCUT2D eigenvalue weighted by Gasteiger charge is -2.23. The molecular formula is C14H32IN3OS. The average Bonchev–Trinajstić information content (AvgIpc) is 2.44. The lowest BCUT2D eigenvalue weighted by Crippen LogP contribution is -2.40. The average molecular weight is 417 g/mol. The van der Waals surface area contributed by atoms with Crippen molar-refractivity contribution in [1.82, 2.24) is 10.6 Å². The summed E-state index contributed by atoms with van der Waals surface area (Å²) in [5, 5.41) is 16.8. The molecule has 6 heteroatoms. The van der Waals surface area contributed by atoms with E-state index in [2.05, 4.69) is 28.8 Å². The van der Waals surface area contributed by atoms with Gasteiger partial charge in [0.15, 0.2) is 5.96 Å². The van der Waals surface area contributed by atoms with E-state index in [0.717, 1.165) is 38.3 Å². The second-order valence-corrected chi connectivity index (χ2v) is 5.74. The second kappa shape index (κ2) is 14.3. The van der Waals surface area contributed by atoms with Gasteiger partial charge >= 0.3 is 0 Å². The lowest BCUT2D eigenvalue weighted by molar-refractivity contribution is 0.0418. The molecule has 3 N–H and O–H groups in total. The zero-order valence-electron chi connectivity index (χ0n) is 13.4. The molecule has 0 heterocycles. The predicted molar refractivity (Wildman–Crippen MR) is 103 cm³/mol. The third-order valence-corrected chi connectivity index (χ3v) is 3.96. The van der Waals surface area contributed by atoms with Crippen LogP contribution in [0.3, 0.4) is 0 Å². The molecule has 0 atom stereocenters. The van der Waals surface area contributed by atoms with Crippen LogP contribution in [0.15, 0.2) is 4.99 Å². The summed E-state index contributed by atoms with van der Waals surface area (Å²) in [5.74, 6) is 2.02. The van der Waals surface area contributed by atoms with E-state index in [1.54, 1.807) is 0 Å². The SMILES string of the molecule is CCNC(=NCC(O)(CC)CC)NCCCCSC.I. The fourth-order valence-electron chi connectivity index (χ4n) is 1.62. The van der Waals surface area contributed by atoms with Gasteiger partial charge in [-0.1, -0.05) is 13.8 Å². The lowest BCUT2D eigenvalue weighted by atomic mass is 9.98. The molecule has 0 aromatic carbocycles. The van der Waals surface area contributed by atoms with Gasteiger partial charge in [0.05, 0.1) is 12.1 Å². The van der Waals surface area contributed by atoms with Crippen LogP contribution in [0, 0.1) is 0 Å². The molecule has 0 aliphatic carbocycles. The highest BCUT2D eigenvalue weighted by Crippen LogP contribution is 2.14. The molecule has 0 aliphatic rings. The monoisotopic (exact) mass is 417 g/mol. The molecule has 4 nitrogen and oxygen atoms in total. The van der Waals surface area contributed by atoms with Crippen LogP contribution in [-0.2, 0) is 0 Å². The first-order valence-electron chi connectivity index (χ1n) is 7.35. The second-order valence-electron chi connectivity index (χ2n) is 4.75. The number of guanidine groups is 1. The van der Waals surface area contributed by atoms with E-state index in [0.29, 0.717) is 6.54 Å². The Balaban J connectivity index is 0. The van der Waals surface area contributed by atoms with Gasteiger partial charge in [0, 0.05) is 13.1 Å². The van der Waals surface area contributed by atoms with Gasteiger partial charge < -0.3 is 15.7 Å². The third kappa shape index (κ3) is 11.0. The zero-order valence-corrected chi connectivity index (χ0v) is 16.5. The number of rotatable bonds is 10. The van der Waals surface area contributed by atoms with Gasteiger partial charge in [-0.05, 0) is 44.6 Å². The Morgan fingerprint density at radius 1 is 1.15 bits per heavy atom. The maximum atomic E-state index is 10.2. The smallest absolute Gasteiger partial charge is 0.191 e. The normalized spacial score (nSPS) is 11.9. The van der Waals surface area contributed by atoms with Gasteiger partial charge in [-0.15, -0.1) is 24.0 Å². The number of hydrogen-bond donors (Lipinski definition) is 3. The first kappa shape index (κ1) is 22.6. The van der Waals surface area contributed by atoms with E-state index >= 15 is 0 Å². The van der Waals surface area contributed by atoms with E-state index in [4.69, 9.17) is 0 Å². The summed E-state index contributed by atoms with van der Waals surface area (Å²) in [5.41, 5.74) is -0.665. The Morgan fingerprint density at radius 3 is 2.30 bits per heavy atom. The minimum atomic E-state index is -0.665. The quantitative estimate of drug-likeness (QED) is 0.222. The molecule has 0 saturated carbocycles. The Morgan fingerprint density at radius 2 is 1.80 bits per heavy atom. The molecule has 20 heavy (non-hydrogen) atoms. The summed E-state index contributed by atoms with van der Waals surface area (Å²) >= 11 is 1.88. The molecule has 0 fully saturated rings. The van der Waals surface area contributed by atoms with Crippen LogP contribution in [0.25, 0.3) is 0 Å². The van der Waals surface area contributed by atoms with Gasteiger partial charge in [0.25, 0.3) is 0 Å². The van der Waals surface area contributed by atoms with Crippen LogP contribution < -0.4 is 10.6 Å². The Labute approximate surface area is 146 Å². The van der Waals surface area contributed by atoms with Crippen LogP contribution in [0.5, 0.6) is 0 Å². The molecule has 0 aromatic rings. The van der Waals surface area contributed by atoms with Gasteiger partial charge in [0.2, 0.25) is 0 Å². The maximum absolute atomic E-state index is 10.2. The molecule has 0 radical (unpaired) electrons. The fourth-order valence-corrected chi connectivity index (χ4v) is 2.11. The first-order valence-corrected chi connectivity index (χ1v) is 8.74. The predicted octanol–water partition coefficient (Wildman–Crippen LogP) is 2.85. The molecule has 0 rings (SSSR count). The van der Waals surface area contributed by atoms with Crippen molar-refractivity contribution >= 4 is 41.7 Å². The summed E-state index contributed by atoms with van der Waals surface area (Å²) in [4.78, 5) is 4.48. The van der Waals surface area contributed by atoms with Crippen LogP contribution >= 0.6 is 35.7 Å². The third-order valence-electron chi connectivity index (χ3n) is 3.26. The fraction of sp³-hybridized carbons (Fsp3) is 0.929. The molecule has 0 spiro atoms. The Kier molecular flexibility index (Phi) is 16.1. The molecule has 0 unspecified atom stereocenters. The molecule has 0 saturated heterocycles. The van der Waals surface area contributed by atoms with Crippen molar-refractivity contribution < 1.29 is 5.11 Å². The van der Waals surface area contributed by atoms with Crippen molar-refractivity contribution in [1.29, 1.82) is 0 Å². The molecule has 0 aromatic heterocycles. The molecule has 0 aliphatic heterocycles. The number of nitrogens with one attached hydrogen (secondary N) is 2. The van der Waals surface area contributed by atoms with Gasteiger partial charge in [-0.25, -0.2) is 0 Å². The Bertz CT molecular complexity index is 249. The van der Waals surface area contributed by atoms with Crippen molar-refractivity contribution in [2.75, 3.05) is 31.6 Å². The highest BCUT2D eigenvalue weighted by molar-refractivity contribution is 14.0. The van der Waals surface area contributed by atoms with Crippen LogP contribution in [0.4, 0.5) is 0 Å². The Hall–Kier alpha value is 0.310. The molecule has 122 valence electrons. The topological polar surface area (TPSA) is 56.7 Å². The number of unbranched alkanes of at least 4 members (excludes halogenated alkanes) is 1. The summed E-state index contributed by atoms with van der Waals surface area (Å²) < 4.78 is 0. The van der Waals surface area contributed by atoms with E-state index in [1.807, 2.05) is 25.6 Å². The number of halogens is 1. The first-order chi connectivity index (χ1) is 9.11. The number of aliphatic imine (C=N–C) groups is 1. The van der Waals surface area contributed by atoms with E-state index in [1.165, 1.54) is 12.2 Å². The number of nitrogens with zero attached hydrogens (tertiary/aromatic N) is 1. The maximum Gasteiger partial charge on any atom is 0.191 e. The number of aliphatic hydroxyl groups is 1. The molecule has 0 bridgehead atoms. The summed E-state index contributed by atoms with van der Waals surface area (Å²) in [6, 6.07) is 0. The summed E-state index contributed by atoms with van der Waals surface area (Å²) in [7, 11) is 0. The van der Waals surface area contributed by atoms with Gasteiger partial charge in [-0.3, -0.25) is 4.99 Å². The van der Waals surface area contributed by atoms with Gasteiger partial charge in [-0.2, -0.15) is 11.8 Å². The minimum absolute atomic E-state index is 0. The van der Waals surface area contributed by atoms with Crippen molar-refractivity contribution in [2.45, 2.75) is 52.1 Å². The highest BCUT2D eigenvalue weighted by atomic mass is 127. The van der Waals surface area contributed by atoms with Crippen molar-refractivity contribution in [2.24, 2.45) is 4.99 Å². The van der Waals surface area contributed by atoms with Crippen LogP contribution in [0.2, 0.25) is 0 Å². The summed E-state index contributed by atoms with van der Waals surface area (Å²) in [6.07, 6.45) is 5.98. The van der Waals surface area contributed by atoms with E-state index in [-0.39, 0.29) is 24.0 Å². The van der Waals surface area contributed by atoms with Crippen molar-refractivity contribution in [3.05, 3.63) is 0 Å². The zero-order chi connectivity index (χ0) is 14.6. The number of thioether (sulfide) groups is 1. The number of hydrogen-bond acceptors (Lipinski definition) is 3. The van der Waals surface area contributed by atoms with E-state index in [9.17, 15) is 5.11 Å². The van der Waals surface area contributed by atoms with Crippen LogP contribution in [0.1, 0.15) is 46.5 Å². The van der Waals surface area contributed by atoms with Crippen molar-refractivity contribution in [3.8, 4) is 0 Å². The highest BCUT2D eigenvalue weighted by Gasteiger charge is 2.21. The standard InChI is InChI=1S/C14H31N3OS.HI/c1-5-14(18,6-2)12-17-13(15-7-3)16-10-8-9-11-19-4;/h18H,5-12H2,1-4H3,(H2,15,16,17);1H. The van der Waals surface area contributed by atoms with Crippen molar-refractivity contribution in [3.63, 3.8) is 0 Å². The van der Waals surface area contributed by atoms with Crippen LogP contribution in [-0.4, -0.2) is 48.3 Å². The molecule has 0 amide bonds. The molecular weight excluding hydrogens is 385 g/mol.